The first-order valence-corrected chi connectivity index (χ1v) is 11.2. The van der Waals surface area contributed by atoms with Gasteiger partial charge in [-0.2, -0.15) is 0 Å². The van der Waals surface area contributed by atoms with Gasteiger partial charge in [-0.25, -0.2) is 0 Å². The minimum absolute atomic E-state index is 0.278. The molecule has 28 heavy (non-hydrogen) atoms. The summed E-state index contributed by atoms with van der Waals surface area (Å²) in [6.45, 7) is 13.7. The minimum Gasteiger partial charge on any atom is -0.389 e. The molecule has 1 aromatic carbocycles. The summed E-state index contributed by atoms with van der Waals surface area (Å²) >= 11 is 0. The number of benzene rings is 1. The predicted octanol–water partition coefficient (Wildman–Crippen LogP) is 3.40. The van der Waals surface area contributed by atoms with Crippen molar-refractivity contribution in [3.05, 3.63) is 35.9 Å². The number of piperazine rings is 1. The second kappa shape index (κ2) is 8.06. The zero-order chi connectivity index (χ0) is 19.8. The standard InChI is InChI=1S/C24H38N2O2/c1-23(2)20-9-10-24(23,3)22(15-20)28-18-21(27)17-26-13-11-25(12-14-26)16-19-7-5-4-6-8-19/h4-8,20-22,27H,9-18H2,1-3H3/t20-,21-,22+,24-/m0/s1. The lowest BCUT2D eigenvalue weighted by Gasteiger charge is -2.39. The molecule has 4 heteroatoms. The number of nitrogens with zero attached hydrogens (tertiary/aromatic N) is 2. The average molecular weight is 387 g/mol. The van der Waals surface area contributed by atoms with Crippen molar-refractivity contribution in [1.29, 1.82) is 0 Å². The maximum Gasteiger partial charge on any atom is 0.0900 e. The number of aliphatic hydroxyl groups is 1. The molecule has 0 amide bonds. The Morgan fingerprint density at radius 1 is 1.07 bits per heavy atom. The van der Waals surface area contributed by atoms with E-state index in [9.17, 15) is 5.11 Å². The third-order valence-electron chi connectivity index (χ3n) is 8.39. The molecule has 4 atom stereocenters. The zero-order valence-corrected chi connectivity index (χ0v) is 17.9. The Morgan fingerprint density at radius 3 is 2.36 bits per heavy atom. The van der Waals surface area contributed by atoms with E-state index in [-0.39, 0.29) is 11.5 Å². The summed E-state index contributed by atoms with van der Waals surface area (Å²) in [6.07, 6.45) is 3.73. The zero-order valence-electron chi connectivity index (χ0n) is 17.9. The molecule has 2 saturated carbocycles. The highest BCUT2D eigenvalue weighted by atomic mass is 16.5. The minimum atomic E-state index is -0.383. The molecule has 1 N–H and O–H groups in total. The number of hydrogen-bond donors (Lipinski definition) is 1. The molecule has 0 unspecified atom stereocenters. The first-order chi connectivity index (χ1) is 13.4. The molecule has 4 rings (SSSR count). The van der Waals surface area contributed by atoms with E-state index >= 15 is 0 Å². The van der Waals surface area contributed by atoms with Crippen molar-refractivity contribution in [1.82, 2.24) is 9.80 Å². The van der Waals surface area contributed by atoms with Gasteiger partial charge in [0.15, 0.2) is 0 Å². The first kappa shape index (κ1) is 20.3. The van der Waals surface area contributed by atoms with Gasteiger partial charge in [0.1, 0.15) is 0 Å². The van der Waals surface area contributed by atoms with Crippen LogP contribution in [0.25, 0.3) is 0 Å². The number of ether oxygens (including phenoxy) is 1. The van der Waals surface area contributed by atoms with Gasteiger partial charge in [-0.1, -0.05) is 51.1 Å². The van der Waals surface area contributed by atoms with E-state index in [4.69, 9.17) is 4.74 Å². The summed E-state index contributed by atoms with van der Waals surface area (Å²) in [6, 6.07) is 10.7. The fourth-order valence-electron chi connectivity index (χ4n) is 5.93. The first-order valence-electron chi connectivity index (χ1n) is 11.2. The third-order valence-corrected chi connectivity index (χ3v) is 8.39. The fourth-order valence-corrected chi connectivity index (χ4v) is 5.93. The molecule has 1 aromatic rings. The average Bonchev–Trinajstić information content (AvgIpc) is 3.02. The van der Waals surface area contributed by atoms with Gasteiger partial charge < -0.3 is 9.84 Å². The van der Waals surface area contributed by atoms with Crippen LogP contribution in [-0.4, -0.2) is 66.4 Å². The lowest BCUT2D eigenvalue weighted by molar-refractivity contribution is -0.0807. The topological polar surface area (TPSA) is 35.9 Å². The highest BCUT2D eigenvalue weighted by Gasteiger charge is 2.61. The van der Waals surface area contributed by atoms with Crippen LogP contribution in [0.3, 0.4) is 0 Å². The highest BCUT2D eigenvalue weighted by molar-refractivity contribution is 5.14. The Hall–Kier alpha value is -0.940. The predicted molar refractivity (Wildman–Crippen MR) is 113 cm³/mol. The Bertz CT molecular complexity index is 641. The maximum atomic E-state index is 10.6. The van der Waals surface area contributed by atoms with Gasteiger partial charge in [-0.15, -0.1) is 0 Å². The van der Waals surface area contributed by atoms with E-state index in [1.807, 2.05) is 0 Å². The molecule has 156 valence electrons. The van der Waals surface area contributed by atoms with Crippen LogP contribution in [0.1, 0.15) is 45.6 Å². The Kier molecular flexibility index (Phi) is 5.85. The van der Waals surface area contributed by atoms with Gasteiger partial charge in [-0.05, 0) is 41.6 Å². The lowest BCUT2D eigenvalue weighted by Crippen LogP contribution is -2.49. The summed E-state index contributed by atoms with van der Waals surface area (Å²) in [4.78, 5) is 4.90. The quantitative estimate of drug-likeness (QED) is 0.779. The van der Waals surface area contributed by atoms with Crippen molar-refractivity contribution < 1.29 is 9.84 Å². The molecule has 2 bridgehead atoms. The molecule has 1 saturated heterocycles. The Balaban J connectivity index is 1.18. The van der Waals surface area contributed by atoms with Gasteiger partial charge in [0.25, 0.3) is 0 Å². The van der Waals surface area contributed by atoms with Crippen molar-refractivity contribution in [2.75, 3.05) is 39.3 Å². The monoisotopic (exact) mass is 386 g/mol. The smallest absolute Gasteiger partial charge is 0.0900 e. The molecule has 1 aliphatic heterocycles. The number of hydrogen-bond acceptors (Lipinski definition) is 4. The van der Waals surface area contributed by atoms with Crippen LogP contribution in [0.4, 0.5) is 0 Å². The molecular weight excluding hydrogens is 348 g/mol. The van der Waals surface area contributed by atoms with Crippen LogP contribution in [-0.2, 0) is 11.3 Å². The molecule has 2 aliphatic carbocycles. The van der Waals surface area contributed by atoms with Crippen molar-refractivity contribution in [3.63, 3.8) is 0 Å². The van der Waals surface area contributed by atoms with Crippen LogP contribution < -0.4 is 0 Å². The third kappa shape index (κ3) is 3.89. The second-order valence-corrected chi connectivity index (χ2v) is 10.1. The van der Waals surface area contributed by atoms with Gasteiger partial charge in [0.2, 0.25) is 0 Å². The molecule has 0 spiro atoms. The van der Waals surface area contributed by atoms with E-state index in [0.717, 1.165) is 45.2 Å². The van der Waals surface area contributed by atoms with Crippen molar-refractivity contribution >= 4 is 0 Å². The number of β-amino-alcohol motifs (C(OH)–C–C–N with tert-alkyl or cyclic N) is 1. The summed E-state index contributed by atoms with van der Waals surface area (Å²) < 4.78 is 6.29. The molecule has 0 radical (unpaired) electrons. The second-order valence-electron chi connectivity index (χ2n) is 10.1. The molecule has 0 aromatic heterocycles. The molecule has 3 aliphatic rings. The maximum absolute atomic E-state index is 10.6. The van der Waals surface area contributed by atoms with Gasteiger partial charge in [-0.3, -0.25) is 9.80 Å². The SMILES string of the molecule is CC1(C)[C@H]2CC[C@@]1(C)[C@H](OC[C@@H](O)CN1CCN(Cc3ccccc3)CC1)C2. The molecule has 1 heterocycles. The van der Waals surface area contributed by atoms with Crippen LogP contribution in [0.15, 0.2) is 30.3 Å². The lowest BCUT2D eigenvalue weighted by atomic mass is 9.70. The normalized spacial score (nSPS) is 34.0. The Labute approximate surface area is 170 Å². The van der Waals surface area contributed by atoms with E-state index < -0.39 is 0 Å². The van der Waals surface area contributed by atoms with Gasteiger partial charge in [0.05, 0.1) is 18.8 Å². The largest absolute Gasteiger partial charge is 0.389 e. The van der Waals surface area contributed by atoms with Gasteiger partial charge >= 0.3 is 0 Å². The number of fused-ring (bicyclic) bond motifs is 2. The number of aliphatic hydroxyl groups excluding tert-OH is 1. The summed E-state index contributed by atoms with van der Waals surface area (Å²) in [5.74, 6) is 0.789. The van der Waals surface area contributed by atoms with Gasteiger partial charge in [0, 0.05) is 39.3 Å². The van der Waals surface area contributed by atoms with Crippen molar-refractivity contribution in [2.45, 2.75) is 58.8 Å². The molecular formula is C24H38N2O2. The van der Waals surface area contributed by atoms with Crippen LogP contribution in [0, 0.1) is 16.7 Å². The summed E-state index contributed by atoms with van der Waals surface area (Å²) in [5.41, 5.74) is 2.03. The van der Waals surface area contributed by atoms with Crippen molar-refractivity contribution in [3.8, 4) is 0 Å². The van der Waals surface area contributed by atoms with Crippen molar-refractivity contribution in [2.24, 2.45) is 16.7 Å². The molecule has 4 nitrogen and oxygen atoms in total. The van der Waals surface area contributed by atoms with Crippen LogP contribution >= 0.6 is 0 Å². The fraction of sp³-hybridized carbons (Fsp3) is 0.750. The van der Waals surface area contributed by atoms with E-state index in [0.29, 0.717) is 18.1 Å². The van der Waals surface area contributed by atoms with E-state index in [1.54, 1.807) is 0 Å². The Morgan fingerprint density at radius 2 is 1.75 bits per heavy atom. The highest BCUT2D eigenvalue weighted by Crippen LogP contribution is 2.66. The summed E-state index contributed by atoms with van der Waals surface area (Å²) in [7, 11) is 0. The summed E-state index contributed by atoms with van der Waals surface area (Å²) in [5, 5.41) is 10.6. The molecule has 3 fully saturated rings. The van der Waals surface area contributed by atoms with E-state index in [1.165, 1.54) is 24.8 Å². The van der Waals surface area contributed by atoms with Crippen LogP contribution in [0.2, 0.25) is 0 Å². The van der Waals surface area contributed by atoms with E-state index in [2.05, 4.69) is 60.9 Å². The number of rotatable bonds is 7. The van der Waals surface area contributed by atoms with Crippen LogP contribution in [0.5, 0.6) is 0 Å².